The first kappa shape index (κ1) is 12.7. The molecule has 3 aliphatic rings. The fraction of sp³-hybridized carbons (Fsp3) is 0.909. The Bertz CT molecular complexity index is 455. The fourth-order valence-electron chi connectivity index (χ4n) is 2.65. The van der Waals surface area contributed by atoms with Crippen molar-refractivity contribution in [2.24, 2.45) is 4.99 Å². The fourth-order valence-corrected chi connectivity index (χ4v) is 5.56. The summed E-state index contributed by atoms with van der Waals surface area (Å²) in [6.45, 7) is 1.61. The summed E-state index contributed by atoms with van der Waals surface area (Å²) in [5.41, 5.74) is 0.138. The molecule has 3 aliphatic heterocycles. The Kier molecular flexibility index (Phi) is 3.32. The maximum absolute atomic E-state index is 11.4. The van der Waals surface area contributed by atoms with Crippen LogP contribution in [0.3, 0.4) is 0 Å². The van der Waals surface area contributed by atoms with Crippen molar-refractivity contribution < 1.29 is 13.2 Å². The maximum atomic E-state index is 11.4. The molecular formula is C11H18N2O3S2. The predicted octanol–water partition coefficient (Wildman–Crippen LogP) is 0.415. The highest BCUT2D eigenvalue weighted by atomic mass is 32.2. The lowest BCUT2D eigenvalue weighted by molar-refractivity contribution is 0.0555. The molecule has 3 fully saturated rings. The number of amidine groups is 1. The molecule has 18 heavy (non-hydrogen) atoms. The maximum Gasteiger partial charge on any atom is 0.157 e. The van der Waals surface area contributed by atoms with Crippen LogP contribution in [0.4, 0.5) is 0 Å². The molecule has 5 nitrogen and oxygen atoms in total. The van der Waals surface area contributed by atoms with Crippen LogP contribution in [-0.2, 0) is 14.6 Å². The zero-order chi connectivity index (χ0) is 12.6. The van der Waals surface area contributed by atoms with Gasteiger partial charge in [-0.15, -0.1) is 0 Å². The molecule has 1 spiro atoms. The Hall–Kier alpha value is -0.270. The summed E-state index contributed by atoms with van der Waals surface area (Å²) in [4.78, 5) is 4.57. The molecule has 7 heteroatoms. The number of thioether (sulfide) groups is 1. The van der Waals surface area contributed by atoms with Gasteiger partial charge in [0.15, 0.2) is 15.0 Å². The average molecular weight is 290 g/mol. The van der Waals surface area contributed by atoms with E-state index in [4.69, 9.17) is 4.74 Å². The van der Waals surface area contributed by atoms with Gasteiger partial charge in [-0.05, 0) is 19.3 Å². The Morgan fingerprint density at radius 3 is 2.83 bits per heavy atom. The molecule has 0 bridgehead atoms. The molecule has 0 radical (unpaired) electrons. The van der Waals surface area contributed by atoms with Gasteiger partial charge in [0.05, 0.1) is 23.1 Å². The smallest absolute Gasteiger partial charge is 0.157 e. The number of hydrogen-bond acceptors (Lipinski definition) is 5. The van der Waals surface area contributed by atoms with E-state index in [0.717, 1.165) is 37.0 Å². The normalized spacial score (nSPS) is 36.0. The van der Waals surface area contributed by atoms with E-state index in [1.165, 1.54) is 0 Å². The van der Waals surface area contributed by atoms with Gasteiger partial charge in [-0.1, -0.05) is 11.8 Å². The number of aliphatic imine (C=N–C) groups is 1. The third kappa shape index (κ3) is 2.67. The van der Waals surface area contributed by atoms with E-state index in [1.807, 2.05) is 0 Å². The zero-order valence-corrected chi connectivity index (χ0v) is 11.9. The van der Waals surface area contributed by atoms with Crippen molar-refractivity contribution in [2.45, 2.75) is 30.8 Å². The van der Waals surface area contributed by atoms with Gasteiger partial charge in [0.2, 0.25) is 0 Å². The summed E-state index contributed by atoms with van der Waals surface area (Å²) < 4.78 is 28.2. The molecule has 0 aromatic carbocycles. The van der Waals surface area contributed by atoms with Crippen LogP contribution in [-0.4, -0.2) is 55.6 Å². The number of rotatable bonds is 1. The van der Waals surface area contributed by atoms with Gasteiger partial charge in [-0.25, -0.2) is 8.42 Å². The quantitative estimate of drug-likeness (QED) is 0.758. The first-order valence-electron chi connectivity index (χ1n) is 6.34. The van der Waals surface area contributed by atoms with Crippen LogP contribution in [0.5, 0.6) is 0 Å². The number of nitrogens with one attached hydrogen (secondary N) is 1. The van der Waals surface area contributed by atoms with Crippen LogP contribution in [0, 0.1) is 0 Å². The van der Waals surface area contributed by atoms with Crippen LogP contribution in [0.25, 0.3) is 0 Å². The second-order valence-corrected chi connectivity index (χ2v) is 8.49. The molecule has 1 atom stereocenters. The number of sulfone groups is 1. The van der Waals surface area contributed by atoms with E-state index in [9.17, 15) is 8.42 Å². The van der Waals surface area contributed by atoms with Gasteiger partial charge >= 0.3 is 0 Å². The molecule has 0 amide bonds. The average Bonchev–Trinajstić information content (AvgIpc) is 2.85. The summed E-state index contributed by atoms with van der Waals surface area (Å²) in [6, 6.07) is -0.0417. The summed E-state index contributed by atoms with van der Waals surface area (Å²) in [5, 5.41) is 4.43. The topological polar surface area (TPSA) is 67.8 Å². The van der Waals surface area contributed by atoms with E-state index in [1.54, 1.807) is 11.8 Å². The zero-order valence-electron chi connectivity index (χ0n) is 10.2. The monoisotopic (exact) mass is 290 g/mol. The largest absolute Gasteiger partial charge is 0.381 e. The van der Waals surface area contributed by atoms with Crippen molar-refractivity contribution >= 4 is 26.8 Å². The molecule has 3 heterocycles. The van der Waals surface area contributed by atoms with Gasteiger partial charge in [-0.3, -0.25) is 4.99 Å². The highest BCUT2D eigenvalue weighted by molar-refractivity contribution is 8.14. The van der Waals surface area contributed by atoms with Gasteiger partial charge in [0, 0.05) is 19.0 Å². The van der Waals surface area contributed by atoms with Crippen molar-refractivity contribution in [2.75, 3.05) is 30.5 Å². The summed E-state index contributed by atoms with van der Waals surface area (Å²) in [5.74, 6) is 1.53. The minimum Gasteiger partial charge on any atom is -0.381 e. The van der Waals surface area contributed by atoms with Crippen molar-refractivity contribution in [1.29, 1.82) is 0 Å². The first-order chi connectivity index (χ1) is 8.57. The molecule has 1 N–H and O–H groups in total. The molecule has 0 saturated carbocycles. The highest BCUT2D eigenvalue weighted by Crippen LogP contribution is 2.32. The van der Waals surface area contributed by atoms with Crippen molar-refractivity contribution in [3.05, 3.63) is 0 Å². The van der Waals surface area contributed by atoms with Crippen molar-refractivity contribution in [1.82, 2.24) is 5.32 Å². The van der Waals surface area contributed by atoms with E-state index in [-0.39, 0.29) is 23.1 Å². The molecule has 102 valence electrons. The van der Waals surface area contributed by atoms with Crippen LogP contribution >= 0.6 is 11.8 Å². The lowest BCUT2D eigenvalue weighted by Crippen LogP contribution is -2.48. The molecule has 1 unspecified atom stereocenters. The molecule has 3 rings (SSSR count). The molecule has 0 aliphatic carbocycles. The Labute approximate surface area is 112 Å². The summed E-state index contributed by atoms with van der Waals surface area (Å²) in [7, 11) is -2.83. The van der Waals surface area contributed by atoms with E-state index >= 15 is 0 Å². The van der Waals surface area contributed by atoms with E-state index < -0.39 is 9.84 Å². The lowest BCUT2D eigenvalue weighted by atomic mass is 9.93. The number of nitrogens with zero attached hydrogens (tertiary/aromatic N) is 1. The molecule has 0 aromatic heterocycles. The van der Waals surface area contributed by atoms with Crippen LogP contribution in [0.15, 0.2) is 4.99 Å². The second kappa shape index (κ2) is 4.68. The summed E-state index contributed by atoms with van der Waals surface area (Å²) >= 11 is 1.72. The molecular weight excluding hydrogens is 272 g/mol. The SMILES string of the molecule is O=S1(=O)CCC(N=C2NC3(CCOCC3)CS2)C1. The van der Waals surface area contributed by atoms with Crippen molar-refractivity contribution in [3.8, 4) is 0 Å². The second-order valence-electron chi connectivity index (χ2n) is 5.30. The Balaban J connectivity index is 1.65. The van der Waals surface area contributed by atoms with Gasteiger partial charge < -0.3 is 10.1 Å². The predicted molar refractivity (Wildman–Crippen MR) is 72.9 cm³/mol. The van der Waals surface area contributed by atoms with Gasteiger partial charge in [0.1, 0.15) is 0 Å². The molecule has 0 aromatic rings. The van der Waals surface area contributed by atoms with E-state index in [0.29, 0.717) is 6.42 Å². The Morgan fingerprint density at radius 2 is 2.17 bits per heavy atom. The minimum absolute atomic E-state index is 0.0417. The van der Waals surface area contributed by atoms with Gasteiger partial charge in [0.25, 0.3) is 0 Å². The first-order valence-corrected chi connectivity index (χ1v) is 9.15. The number of ether oxygens (including phenoxy) is 1. The highest BCUT2D eigenvalue weighted by Gasteiger charge is 2.39. The standard InChI is InChI=1S/C11H18N2O3S2/c14-18(15)6-1-9(7-18)12-10-13-11(8-17-10)2-4-16-5-3-11/h9H,1-8H2,(H,12,13). The lowest BCUT2D eigenvalue weighted by Gasteiger charge is -2.32. The third-order valence-electron chi connectivity index (χ3n) is 3.82. The minimum atomic E-state index is -2.83. The Morgan fingerprint density at radius 1 is 1.39 bits per heavy atom. The third-order valence-corrected chi connectivity index (χ3v) is 6.74. The van der Waals surface area contributed by atoms with Crippen LogP contribution in [0.2, 0.25) is 0 Å². The van der Waals surface area contributed by atoms with Crippen molar-refractivity contribution in [3.63, 3.8) is 0 Å². The van der Waals surface area contributed by atoms with Crippen LogP contribution in [0.1, 0.15) is 19.3 Å². The molecule has 3 saturated heterocycles. The van der Waals surface area contributed by atoms with E-state index in [2.05, 4.69) is 10.3 Å². The number of hydrogen-bond donors (Lipinski definition) is 1. The van der Waals surface area contributed by atoms with Gasteiger partial charge in [-0.2, -0.15) is 0 Å². The van der Waals surface area contributed by atoms with Crippen LogP contribution < -0.4 is 5.32 Å². The summed E-state index contributed by atoms with van der Waals surface area (Å²) in [6.07, 6.45) is 2.70.